The largest absolute Gasteiger partial charge is 0.415 e. The molecule has 1 heterocycles. The van der Waals surface area contributed by atoms with Gasteiger partial charge in [-0.3, -0.25) is 4.98 Å². The van der Waals surface area contributed by atoms with Crippen molar-refractivity contribution in [1.29, 1.82) is 0 Å². The molecule has 0 atom stereocenters. The van der Waals surface area contributed by atoms with E-state index in [-0.39, 0.29) is 18.2 Å². The summed E-state index contributed by atoms with van der Waals surface area (Å²) >= 11 is 0. The maximum Gasteiger partial charge on any atom is 0.415 e. The van der Waals surface area contributed by atoms with Gasteiger partial charge in [-0.25, -0.2) is 4.79 Å². The summed E-state index contributed by atoms with van der Waals surface area (Å²) in [6.07, 6.45) is 3.34. The number of rotatable bonds is 5. The first kappa shape index (κ1) is 19.6. The fraction of sp³-hybridized carbons (Fsp3) is 0.250. The minimum Gasteiger partial charge on any atom is -0.410 e. The lowest BCUT2D eigenvalue weighted by Crippen LogP contribution is -2.42. The highest BCUT2D eigenvalue weighted by atomic mass is 16.6. The first-order valence-electron chi connectivity index (χ1n) is 9.58. The van der Waals surface area contributed by atoms with E-state index in [0.29, 0.717) is 5.76 Å². The van der Waals surface area contributed by atoms with Gasteiger partial charge in [0.15, 0.2) is 0 Å². The van der Waals surface area contributed by atoms with Crippen molar-refractivity contribution in [3.63, 3.8) is 0 Å². The topological polar surface area (TPSA) is 42.4 Å². The van der Waals surface area contributed by atoms with Gasteiger partial charge in [-0.1, -0.05) is 48.5 Å². The molecular weight excluding hydrogens is 348 g/mol. The zero-order valence-corrected chi connectivity index (χ0v) is 16.8. The number of hydrogen-bond donors (Lipinski definition) is 0. The van der Waals surface area contributed by atoms with Crippen LogP contribution >= 0.6 is 0 Å². The van der Waals surface area contributed by atoms with Crippen molar-refractivity contribution in [3.8, 4) is 0 Å². The molecule has 0 saturated carbocycles. The van der Waals surface area contributed by atoms with Crippen LogP contribution in [0.5, 0.6) is 0 Å². The lowest BCUT2D eigenvalue weighted by atomic mass is 10.1. The summed E-state index contributed by atoms with van der Waals surface area (Å²) < 4.78 is 5.90. The lowest BCUT2D eigenvalue weighted by molar-refractivity contribution is 0.115. The molecule has 28 heavy (non-hydrogen) atoms. The Bertz CT molecular complexity index is 965. The Morgan fingerprint density at radius 2 is 1.57 bits per heavy atom. The zero-order chi connectivity index (χ0) is 20.1. The molecule has 0 unspecified atom stereocenters. The fourth-order valence-corrected chi connectivity index (χ4v) is 3.32. The molecule has 3 rings (SSSR count). The van der Waals surface area contributed by atoms with Crippen molar-refractivity contribution in [2.24, 2.45) is 0 Å². The standard InChI is InChI=1S/C24H26N2O2/c1-17(2)26(18(3)4)24(27)28-23(19-10-6-5-7-11-19)16-20-14-15-25-22-13-9-8-12-21(20)22/h5-18H,1-4H3/b23-16+. The first-order chi connectivity index (χ1) is 13.5. The van der Waals surface area contributed by atoms with Crippen LogP contribution < -0.4 is 0 Å². The molecule has 0 spiro atoms. The number of fused-ring (bicyclic) bond motifs is 1. The SMILES string of the molecule is CC(C)N(C(=O)O/C(=C/c1ccnc2ccccc12)c1ccccc1)C(C)C. The average molecular weight is 374 g/mol. The normalized spacial score (nSPS) is 11.9. The minimum atomic E-state index is -0.349. The van der Waals surface area contributed by atoms with Gasteiger partial charge >= 0.3 is 6.09 Å². The van der Waals surface area contributed by atoms with Gasteiger partial charge in [0.2, 0.25) is 0 Å². The lowest BCUT2D eigenvalue weighted by Gasteiger charge is -2.30. The van der Waals surface area contributed by atoms with Crippen molar-refractivity contribution in [2.45, 2.75) is 39.8 Å². The van der Waals surface area contributed by atoms with Crippen LogP contribution in [0.15, 0.2) is 66.9 Å². The van der Waals surface area contributed by atoms with Crippen LogP contribution in [0.4, 0.5) is 4.79 Å². The van der Waals surface area contributed by atoms with E-state index in [1.54, 1.807) is 11.1 Å². The van der Waals surface area contributed by atoms with E-state index >= 15 is 0 Å². The molecule has 1 aromatic heterocycles. The van der Waals surface area contributed by atoms with E-state index < -0.39 is 0 Å². The summed E-state index contributed by atoms with van der Waals surface area (Å²) in [7, 11) is 0. The molecule has 0 saturated heterocycles. The second-order valence-corrected chi connectivity index (χ2v) is 7.25. The van der Waals surface area contributed by atoms with Gasteiger partial charge < -0.3 is 9.64 Å². The average Bonchev–Trinajstić information content (AvgIpc) is 2.68. The molecule has 0 radical (unpaired) electrons. The van der Waals surface area contributed by atoms with E-state index in [1.165, 1.54) is 0 Å². The van der Waals surface area contributed by atoms with Gasteiger partial charge in [0.25, 0.3) is 0 Å². The molecular formula is C24H26N2O2. The summed E-state index contributed by atoms with van der Waals surface area (Å²) in [5.41, 5.74) is 2.71. The van der Waals surface area contributed by atoms with E-state index in [0.717, 1.165) is 22.0 Å². The number of carbonyl (C=O) groups is 1. The third-order valence-electron chi connectivity index (χ3n) is 4.55. The molecule has 0 aliphatic carbocycles. The third kappa shape index (κ3) is 4.39. The summed E-state index contributed by atoms with van der Waals surface area (Å²) in [5.74, 6) is 0.522. The molecule has 0 aliphatic heterocycles. The Kier molecular flexibility index (Phi) is 6.09. The van der Waals surface area contributed by atoms with E-state index in [2.05, 4.69) is 4.98 Å². The number of pyridine rings is 1. The molecule has 2 aromatic carbocycles. The molecule has 1 amide bonds. The monoisotopic (exact) mass is 374 g/mol. The molecule has 0 aliphatic rings. The van der Waals surface area contributed by atoms with Gasteiger partial charge in [-0.2, -0.15) is 0 Å². The number of amides is 1. The van der Waals surface area contributed by atoms with Crippen molar-refractivity contribution < 1.29 is 9.53 Å². The van der Waals surface area contributed by atoms with Crippen molar-refractivity contribution in [2.75, 3.05) is 0 Å². The number of para-hydroxylation sites is 1. The Morgan fingerprint density at radius 1 is 0.929 bits per heavy atom. The van der Waals surface area contributed by atoms with Crippen LogP contribution in [0, 0.1) is 0 Å². The molecule has 3 aromatic rings. The number of aromatic nitrogens is 1. The fourth-order valence-electron chi connectivity index (χ4n) is 3.32. The highest BCUT2D eigenvalue weighted by Gasteiger charge is 2.23. The smallest absolute Gasteiger partial charge is 0.410 e. The van der Waals surface area contributed by atoms with Crippen LogP contribution in [0.3, 0.4) is 0 Å². The second kappa shape index (κ2) is 8.70. The van der Waals surface area contributed by atoms with Gasteiger partial charge in [-0.05, 0) is 51.5 Å². The van der Waals surface area contributed by atoms with Crippen LogP contribution in [0.2, 0.25) is 0 Å². The van der Waals surface area contributed by atoms with Crippen LogP contribution in [0.25, 0.3) is 22.7 Å². The van der Waals surface area contributed by atoms with E-state index in [1.807, 2.05) is 94.4 Å². The zero-order valence-electron chi connectivity index (χ0n) is 16.8. The summed E-state index contributed by atoms with van der Waals surface area (Å²) in [6, 6.07) is 19.7. The number of nitrogens with zero attached hydrogens (tertiary/aromatic N) is 2. The number of benzene rings is 2. The molecule has 0 N–H and O–H groups in total. The van der Waals surface area contributed by atoms with E-state index in [9.17, 15) is 4.79 Å². The molecule has 0 bridgehead atoms. The molecule has 4 nitrogen and oxygen atoms in total. The Morgan fingerprint density at radius 3 is 2.25 bits per heavy atom. The first-order valence-corrected chi connectivity index (χ1v) is 9.58. The second-order valence-electron chi connectivity index (χ2n) is 7.25. The van der Waals surface area contributed by atoms with Crippen LogP contribution in [0.1, 0.15) is 38.8 Å². The van der Waals surface area contributed by atoms with Gasteiger partial charge in [0.05, 0.1) is 5.52 Å². The maximum absolute atomic E-state index is 12.9. The quantitative estimate of drug-likeness (QED) is 0.515. The molecule has 4 heteroatoms. The number of hydrogen-bond acceptors (Lipinski definition) is 3. The van der Waals surface area contributed by atoms with Gasteiger partial charge in [0.1, 0.15) is 5.76 Å². The van der Waals surface area contributed by atoms with Crippen LogP contribution in [-0.2, 0) is 4.74 Å². The van der Waals surface area contributed by atoms with Crippen LogP contribution in [-0.4, -0.2) is 28.1 Å². The predicted molar refractivity (Wildman–Crippen MR) is 115 cm³/mol. The van der Waals surface area contributed by atoms with Crippen molar-refractivity contribution in [3.05, 3.63) is 78.0 Å². The van der Waals surface area contributed by atoms with Crippen molar-refractivity contribution >= 4 is 28.8 Å². The van der Waals surface area contributed by atoms with Crippen molar-refractivity contribution in [1.82, 2.24) is 9.88 Å². The molecule has 144 valence electrons. The Hall–Kier alpha value is -3.14. The van der Waals surface area contributed by atoms with Gasteiger partial charge in [-0.15, -0.1) is 0 Å². The van der Waals surface area contributed by atoms with Gasteiger partial charge in [0, 0.05) is 29.2 Å². The Labute approximate surface area is 166 Å². The summed E-state index contributed by atoms with van der Waals surface area (Å²) in [4.78, 5) is 19.1. The maximum atomic E-state index is 12.9. The minimum absolute atomic E-state index is 0.0475. The number of carbonyl (C=O) groups excluding carboxylic acids is 1. The molecule has 0 fully saturated rings. The summed E-state index contributed by atoms with van der Waals surface area (Å²) in [5, 5.41) is 1.01. The predicted octanol–water partition coefficient (Wildman–Crippen LogP) is 5.99. The third-order valence-corrected chi connectivity index (χ3v) is 4.55. The highest BCUT2D eigenvalue weighted by molar-refractivity contribution is 5.93. The summed E-state index contributed by atoms with van der Waals surface area (Å²) in [6.45, 7) is 7.96. The highest BCUT2D eigenvalue weighted by Crippen LogP contribution is 2.25. The number of ether oxygens (including phenoxy) is 1. The van der Waals surface area contributed by atoms with E-state index in [4.69, 9.17) is 4.74 Å². The Balaban J connectivity index is 2.05.